The molecule has 1 amide bonds. The predicted octanol–water partition coefficient (Wildman–Crippen LogP) is 6.00. The Labute approximate surface area is 278 Å². The number of carbonyl (C=O) groups is 2. The molecule has 0 aromatic heterocycles. The Morgan fingerprint density at radius 2 is 1.70 bits per heavy atom. The van der Waals surface area contributed by atoms with Crippen LogP contribution in [-0.4, -0.2) is 54.9 Å². The Hall–Kier alpha value is -3.54. The van der Waals surface area contributed by atoms with Crippen LogP contribution in [0.25, 0.3) is 6.08 Å². The first-order valence-corrected chi connectivity index (χ1v) is 17.1. The highest BCUT2D eigenvalue weighted by Gasteiger charge is 2.44. The van der Waals surface area contributed by atoms with Gasteiger partial charge in [-0.2, -0.15) is 9.82 Å². The van der Waals surface area contributed by atoms with Gasteiger partial charge in [0.05, 0.1) is 22.8 Å². The second-order valence-corrected chi connectivity index (χ2v) is 14.2. The van der Waals surface area contributed by atoms with E-state index >= 15 is 0 Å². The van der Waals surface area contributed by atoms with Gasteiger partial charge in [-0.15, -0.1) is 0 Å². The number of hydrogen-bond donors (Lipinski definition) is 2. The van der Waals surface area contributed by atoms with E-state index in [0.29, 0.717) is 10.0 Å². The summed E-state index contributed by atoms with van der Waals surface area (Å²) >= 11 is 12.2. The molecule has 2 aliphatic rings. The molecule has 1 aliphatic heterocycles. The summed E-state index contributed by atoms with van der Waals surface area (Å²) in [6.45, 7) is 4.17. The summed E-state index contributed by atoms with van der Waals surface area (Å²) < 4.78 is 33.7. The van der Waals surface area contributed by atoms with Crippen LogP contribution in [0.15, 0.2) is 82.3 Å². The Kier molecular flexibility index (Phi) is 10.3. The smallest absolute Gasteiger partial charge is 0.327 e. The molecule has 0 radical (unpaired) electrons. The van der Waals surface area contributed by atoms with Gasteiger partial charge in [0.15, 0.2) is 6.61 Å². The van der Waals surface area contributed by atoms with Crippen LogP contribution >= 0.6 is 23.2 Å². The molecular formula is C34H35Cl2N3O6S. The first kappa shape index (κ1) is 33.8. The average Bonchev–Trinajstić information content (AvgIpc) is 3.42. The standard InChI is InChI=1S/C34H35Cl2N3O6S/c1-20-7-16-28(17-21(20)2)46(43,44)38-31(22(3)40)34(42)45-19-30(41)39-33(24-10-14-27(36)15-11-24)29-6-4-5-25(32(29)37-39)18-23-8-12-26(35)13-9-23/h7-18,22,29,31,33,38,40H,4-6,19H2,1-3H3/b25-18+/t22-,29+,31+,33+/m1/s1. The summed E-state index contributed by atoms with van der Waals surface area (Å²) in [6.07, 6.45) is 3.06. The SMILES string of the molecule is Cc1ccc(S(=O)(=O)N[C@H](C(=O)OCC(=O)N2N=C3/C(=C/c4ccc(Cl)cc4)CCC[C@@H]3[C@@H]2c2ccc(Cl)cc2)[C@@H](C)O)cc1C. The fraction of sp³-hybridized carbons (Fsp3) is 0.324. The molecule has 1 fully saturated rings. The lowest BCUT2D eigenvalue weighted by molar-refractivity contribution is -0.156. The number of esters is 1. The van der Waals surface area contributed by atoms with E-state index in [1.165, 1.54) is 24.1 Å². The summed E-state index contributed by atoms with van der Waals surface area (Å²) in [5.74, 6) is -1.79. The van der Waals surface area contributed by atoms with Crippen LogP contribution in [0.3, 0.4) is 0 Å². The molecule has 242 valence electrons. The molecular weight excluding hydrogens is 649 g/mol. The molecule has 0 unspecified atom stereocenters. The quantitative estimate of drug-likeness (QED) is 0.266. The van der Waals surface area contributed by atoms with Crippen molar-refractivity contribution in [1.29, 1.82) is 0 Å². The van der Waals surface area contributed by atoms with Crippen molar-refractivity contribution in [2.75, 3.05) is 6.61 Å². The van der Waals surface area contributed by atoms with E-state index in [0.717, 1.165) is 52.8 Å². The molecule has 12 heteroatoms. The maximum atomic E-state index is 13.7. The van der Waals surface area contributed by atoms with Gasteiger partial charge in [0.1, 0.15) is 6.04 Å². The van der Waals surface area contributed by atoms with Gasteiger partial charge in [-0.25, -0.2) is 13.4 Å². The number of ether oxygens (including phenoxy) is 1. The lowest BCUT2D eigenvalue weighted by Gasteiger charge is -2.29. The minimum absolute atomic E-state index is 0.0612. The molecule has 3 aromatic carbocycles. The highest BCUT2D eigenvalue weighted by Crippen LogP contribution is 2.44. The Morgan fingerprint density at radius 1 is 1.04 bits per heavy atom. The molecule has 0 bridgehead atoms. The molecule has 4 atom stereocenters. The van der Waals surface area contributed by atoms with Gasteiger partial charge in [-0.1, -0.05) is 53.5 Å². The van der Waals surface area contributed by atoms with Crippen molar-refractivity contribution in [2.24, 2.45) is 11.0 Å². The monoisotopic (exact) mass is 683 g/mol. The minimum Gasteiger partial charge on any atom is -0.454 e. The number of carbonyl (C=O) groups excluding carboxylic acids is 2. The number of aryl methyl sites for hydroxylation is 2. The lowest BCUT2D eigenvalue weighted by atomic mass is 9.77. The van der Waals surface area contributed by atoms with Crippen molar-refractivity contribution in [3.8, 4) is 0 Å². The van der Waals surface area contributed by atoms with E-state index in [2.05, 4.69) is 4.72 Å². The van der Waals surface area contributed by atoms with Gasteiger partial charge in [0, 0.05) is 16.0 Å². The predicted molar refractivity (Wildman–Crippen MR) is 178 cm³/mol. The molecule has 1 aliphatic carbocycles. The zero-order valence-corrected chi connectivity index (χ0v) is 27.9. The van der Waals surface area contributed by atoms with Crippen LogP contribution in [-0.2, 0) is 24.3 Å². The van der Waals surface area contributed by atoms with Gasteiger partial charge in [-0.05, 0) is 110 Å². The van der Waals surface area contributed by atoms with Gasteiger partial charge in [0.2, 0.25) is 10.0 Å². The number of fused-ring (bicyclic) bond motifs is 1. The molecule has 0 saturated heterocycles. The number of allylic oxidation sites excluding steroid dienone is 1. The lowest BCUT2D eigenvalue weighted by Crippen LogP contribution is -2.49. The molecule has 1 saturated carbocycles. The van der Waals surface area contributed by atoms with E-state index in [-0.39, 0.29) is 10.8 Å². The van der Waals surface area contributed by atoms with Crippen LogP contribution in [0.2, 0.25) is 10.0 Å². The number of rotatable bonds is 9. The van der Waals surface area contributed by atoms with Crippen LogP contribution in [0.4, 0.5) is 0 Å². The minimum atomic E-state index is -4.19. The summed E-state index contributed by atoms with van der Waals surface area (Å²) in [6, 6.07) is 17.1. The molecule has 0 spiro atoms. The van der Waals surface area contributed by atoms with Crippen molar-refractivity contribution in [3.05, 3.63) is 105 Å². The second-order valence-electron chi connectivity index (χ2n) is 11.6. The highest BCUT2D eigenvalue weighted by molar-refractivity contribution is 7.89. The maximum Gasteiger partial charge on any atom is 0.327 e. The number of benzene rings is 3. The van der Waals surface area contributed by atoms with Crippen LogP contribution in [0.1, 0.15) is 54.5 Å². The van der Waals surface area contributed by atoms with Crippen LogP contribution < -0.4 is 4.72 Å². The van der Waals surface area contributed by atoms with Crippen molar-refractivity contribution in [2.45, 2.75) is 63.1 Å². The van der Waals surface area contributed by atoms with E-state index in [9.17, 15) is 23.1 Å². The Bertz CT molecular complexity index is 1790. The third kappa shape index (κ3) is 7.53. The summed E-state index contributed by atoms with van der Waals surface area (Å²) in [7, 11) is -4.19. The van der Waals surface area contributed by atoms with E-state index < -0.39 is 46.7 Å². The van der Waals surface area contributed by atoms with Crippen molar-refractivity contribution >= 4 is 56.9 Å². The summed E-state index contributed by atoms with van der Waals surface area (Å²) in [5.41, 5.74) is 5.21. The maximum absolute atomic E-state index is 13.7. The van der Waals surface area contributed by atoms with Gasteiger partial charge in [-0.3, -0.25) is 9.59 Å². The van der Waals surface area contributed by atoms with E-state index in [4.69, 9.17) is 33.0 Å². The van der Waals surface area contributed by atoms with Gasteiger partial charge in [0.25, 0.3) is 5.91 Å². The zero-order chi connectivity index (χ0) is 33.2. The number of aliphatic hydroxyl groups excluding tert-OH is 1. The molecule has 5 rings (SSSR count). The number of halogens is 2. The van der Waals surface area contributed by atoms with Gasteiger partial charge >= 0.3 is 5.97 Å². The van der Waals surface area contributed by atoms with Crippen molar-refractivity contribution in [1.82, 2.24) is 9.73 Å². The summed E-state index contributed by atoms with van der Waals surface area (Å²) in [4.78, 5) is 26.7. The second kappa shape index (κ2) is 14.1. The summed E-state index contributed by atoms with van der Waals surface area (Å²) in [5, 5.41) is 17.6. The van der Waals surface area contributed by atoms with E-state index in [1.807, 2.05) is 49.4 Å². The topological polar surface area (TPSA) is 125 Å². The fourth-order valence-electron chi connectivity index (χ4n) is 5.71. The molecule has 2 N–H and O–H groups in total. The Morgan fingerprint density at radius 3 is 2.33 bits per heavy atom. The molecule has 46 heavy (non-hydrogen) atoms. The number of nitrogens with one attached hydrogen (secondary N) is 1. The number of nitrogens with zero attached hydrogens (tertiary/aromatic N) is 2. The average molecular weight is 685 g/mol. The molecule has 9 nitrogen and oxygen atoms in total. The first-order chi connectivity index (χ1) is 21.8. The molecule has 3 aromatic rings. The highest BCUT2D eigenvalue weighted by atomic mass is 35.5. The number of aliphatic hydroxyl groups is 1. The normalized spacial score (nSPS) is 20.2. The third-order valence-corrected chi connectivity index (χ3v) is 10.3. The fourth-order valence-corrected chi connectivity index (χ4v) is 7.30. The Balaban J connectivity index is 1.37. The number of sulfonamides is 1. The first-order valence-electron chi connectivity index (χ1n) is 14.9. The largest absolute Gasteiger partial charge is 0.454 e. The van der Waals surface area contributed by atoms with Crippen LogP contribution in [0, 0.1) is 19.8 Å². The van der Waals surface area contributed by atoms with Crippen molar-refractivity contribution in [3.63, 3.8) is 0 Å². The third-order valence-electron chi connectivity index (χ3n) is 8.32. The number of hydrazone groups is 1. The number of amides is 1. The zero-order valence-electron chi connectivity index (χ0n) is 25.6. The van der Waals surface area contributed by atoms with E-state index in [1.54, 1.807) is 25.1 Å². The number of hydrogen-bond acceptors (Lipinski definition) is 7. The van der Waals surface area contributed by atoms with Crippen molar-refractivity contribution < 1.29 is 27.9 Å². The molecule has 1 heterocycles. The van der Waals surface area contributed by atoms with Gasteiger partial charge < -0.3 is 9.84 Å². The van der Waals surface area contributed by atoms with Crippen LogP contribution in [0.5, 0.6) is 0 Å².